The van der Waals surface area contributed by atoms with Crippen molar-refractivity contribution in [2.75, 3.05) is 0 Å². The molecule has 6 heteroatoms. The second-order valence-corrected chi connectivity index (χ2v) is 3.85. The van der Waals surface area contributed by atoms with E-state index in [9.17, 15) is 4.21 Å². The first kappa shape index (κ1) is 10.3. The van der Waals surface area contributed by atoms with Crippen LogP contribution in [0.5, 0.6) is 0 Å². The molecule has 1 aliphatic rings. The number of hydrogen-bond donors (Lipinski definition) is 2. The van der Waals surface area contributed by atoms with E-state index in [2.05, 4.69) is 9.71 Å². The van der Waals surface area contributed by atoms with Gasteiger partial charge >= 0.3 is 0 Å². The van der Waals surface area contributed by atoms with Gasteiger partial charge < -0.3 is 4.42 Å². The second-order valence-electron chi connectivity index (χ2n) is 3.15. The summed E-state index contributed by atoms with van der Waals surface area (Å²) in [6, 6.07) is 0. The van der Waals surface area contributed by atoms with Crippen molar-refractivity contribution in [3.8, 4) is 0 Å². The Morgan fingerprint density at radius 2 is 2.47 bits per heavy atom. The minimum Gasteiger partial charge on any atom is -0.447 e. The fourth-order valence-electron chi connectivity index (χ4n) is 1.50. The molecule has 15 heavy (non-hydrogen) atoms. The Balaban J connectivity index is 2.35. The molecule has 0 spiro atoms. The molecule has 0 bridgehead atoms. The molecule has 0 saturated carbocycles. The van der Waals surface area contributed by atoms with Gasteiger partial charge in [-0.1, -0.05) is 24.3 Å². The van der Waals surface area contributed by atoms with E-state index in [0.717, 1.165) is 0 Å². The van der Waals surface area contributed by atoms with Gasteiger partial charge in [0.1, 0.15) is 11.8 Å². The van der Waals surface area contributed by atoms with Crippen LogP contribution < -0.4 is 4.72 Å². The molecule has 0 saturated heterocycles. The number of oxazole rings is 1. The predicted octanol–water partition coefficient (Wildman–Crippen LogP) is 1.11. The Labute approximate surface area is 89.3 Å². The smallest absolute Gasteiger partial charge is 0.233 e. The zero-order valence-corrected chi connectivity index (χ0v) is 8.61. The number of rotatable bonds is 3. The van der Waals surface area contributed by atoms with Gasteiger partial charge in [0.2, 0.25) is 17.2 Å². The van der Waals surface area contributed by atoms with E-state index >= 15 is 0 Å². The number of aromatic nitrogens is 1. The van der Waals surface area contributed by atoms with Gasteiger partial charge in [-0.15, -0.1) is 0 Å². The Morgan fingerprint density at radius 1 is 1.60 bits per heavy atom. The van der Waals surface area contributed by atoms with Crippen LogP contribution in [0.4, 0.5) is 0 Å². The third-order valence-electron chi connectivity index (χ3n) is 2.15. The SMILES string of the molecule is O=S(O)NC1(c2ncco2)C=CC=CC1. The molecular weight excluding hydrogens is 216 g/mol. The maximum Gasteiger partial charge on any atom is 0.233 e. The molecule has 1 aromatic rings. The monoisotopic (exact) mass is 226 g/mol. The zero-order chi connectivity index (χ0) is 10.7. The van der Waals surface area contributed by atoms with Crippen LogP contribution in [0.15, 0.2) is 41.2 Å². The minimum atomic E-state index is -2.12. The molecular formula is C9H10N2O3S. The third kappa shape index (κ3) is 2.06. The Morgan fingerprint density at radius 3 is 3.00 bits per heavy atom. The first-order valence-electron chi connectivity index (χ1n) is 4.36. The Kier molecular flexibility index (Phi) is 2.81. The van der Waals surface area contributed by atoms with Gasteiger partial charge in [0.15, 0.2) is 0 Å². The zero-order valence-electron chi connectivity index (χ0n) is 7.79. The van der Waals surface area contributed by atoms with E-state index in [1.165, 1.54) is 12.5 Å². The molecule has 2 atom stereocenters. The topological polar surface area (TPSA) is 75.4 Å². The van der Waals surface area contributed by atoms with Crippen LogP contribution in [0, 0.1) is 0 Å². The quantitative estimate of drug-likeness (QED) is 0.757. The molecule has 0 amide bonds. The summed E-state index contributed by atoms with van der Waals surface area (Å²) in [5.74, 6) is 0.380. The van der Waals surface area contributed by atoms with Gasteiger partial charge in [-0.2, -0.15) is 4.72 Å². The van der Waals surface area contributed by atoms with E-state index < -0.39 is 16.8 Å². The van der Waals surface area contributed by atoms with Gasteiger partial charge in [0, 0.05) is 0 Å². The summed E-state index contributed by atoms with van der Waals surface area (Å²) in [6.45, 7) is 0. The van der Waals surface area contributed by atoms with Crippen molar-refractivity contribution < 1.29 is 13.2 Å². The Hall–Kier alpha value is -1.24. The van der Waals surface area contributed by atoms with E-state index in [-0.39, 0.29) is 0 Å². The lowest BCUT2D eigenvalue weighted by molar-refractivity contribution is 0.356. The summed E-state index contributed by atoms with van der Waals surface area (Å²) < 4.78 is 27.4. The summed E-state index contributed by atoms with van der Waals surface area (Å²) >= 11 is -2.12. The molecule has 1 heterocycles. The van der Waals surface area contributed by atoms with Crippen molar-refractivity contribution in [3.05, 3.63) is 42.7 Å². The highest BCUT2D eigenvalue weighted by atomic mass is 32.2. The number of allylic oxidation sites excluding steroid dienone is 2. The molecule has 0 radical (unpaired) electrons. The van der Waals surface area contributed by atoms with E-state index in [1.54, 1.807) is 12.2 Å². The van der Waals surface area contributed by atoms with Gasteiger partial charge in [-0.25, -0.2) is 9.19 Å². The molecule has 2 rings (SSSR count). The number of nitrogens with zero attached hydrogens (tertiary/aromatic N) is 1. The lowest BCUT2D eigenvalue weighted by Gasteiger charge is -2.26. The Bertz CT molecular complexity index is 413. The highest BCUT2D eigenvalue weighted by Crippen LogP contribution is 2.28. The van der Waals surface area contributed by atoms with Crippen LogP contribution in [0.3, 0.4) is 0 Å². The van der Waals surface area contributed by atoms with Crippen molar-refractivity contribution in [2.24, 2.45) is 0 Å². The third-order valence-corrected chi connectivity index (χ3v) is 2.69. The van der Waals surface area contributed by atoms with Crippen LogP contribution in [-0.2, 0) is 16.8 Å². The molecule has 1 aliphatic carbocycles. The first-order chi connectivity index (χ1) is 7.23. The summed E-state index contributed by atoms with van der Waals surface area (Å²) in [6.07, 6.45) is 10.8. The van der Waals surface area contributed by atoms with Crippen molar-refractivity contribution in [3.63, 3.8) is 0 Å². The summed E-state index contributed by atoms with van der Waals surface area (Å²) in [5, 5.41) is 0. The standard InChI is InChI=1S/C9H10N2O3S/c12-15(13)11-9(4-2-1-3-5-9)8-10-6-7-14-8/h1-4,6-7,11H,5H2,(H,12,13). The molecule has 2 unspecified atom stereocenters. The van der Waals surface area contributed by atoms with Crippen LogP contribution in [0.1, 0.15) is 12.3 Å². The van der Waals surface area contributed by atoms with Crippen LogP contribution in [-0.4, -0.2) is 13.7 Å². The minimum absolute atomic E-state index is 0.380. The average molecular weight is 226 g/mol. The number of nitrogens with one attached hydrogen (secondary N) is 1. The molecule has 5 nitrogen and oxygen atoms in total. The van der Waals surface area contributed by atoms with E-state index in [0.29, 0.717) is 12.3 Å². The van der Waals surface area contributed by atoms with Crippen LogP contribution >= 0.6 is 0 Å². The summed E-state index contributed by atoms with van der Waals surface area (Å²) in [7, 11) is 0. The fourth-order valence-corrected chi connectivity index (χ4v) is 2.05. The molecule has 0 fully saturated rings. The van der Waals surface area contributed by atoms with Crippen molar-refractivity contribution >= 4 is 11.3 Å². The van der Waals surface area contributed by atoms with Crippen LogP contribution in [0.25, 0.3) is 0 Å². The highest BCUT2D eigenvalue weighted by molar-refractivity contribution is 7.77. The molecule has 1 aromatic heterocycles. The summed E-state index contributed by atoms with van der Waals surface area (Å²) in [5.41, 5.74) is -0.822. The van der Waals surface area contributed by atoms with Crippen molar-refractivity contribution in [1.82, 2.24) is 9.71 Å². The summed E-state index contributed by atoms with van der Waals surface area (Å²) in [4.78, 5) is 4.01. The predicted molar refractivity (Wildman–Crippen MR) is 55.0 cm³/mol. The largest absolute Gasteiger partial charge is 0.447 e. The molecule has 2 N–H and O–H groups in total. The van der Waals surface area contributed by atoms with Crippen LogP contribution in [0.2, 0.25) is 0 Å². The maximum absolute atomic E-state index is 10.8. The highest BCUT2D eigenvalue weighted by Gasteiger charge is 2.35. The van der Waals surface area contributed by atoms with Crippen molar-refractivity contribution in [2.45, 2.75) is 12.0 Å². The molecule has 0 aliphatic heterocycles. The number of hydrogen-bond acceptors (Lipinski definition) is 3. The van der Waals surface area contributed by atoms with Gasteiger partial charge in [-0.05, 0) is 6.42 Å². The van der Waals surface area contributed by atoms with Gasteiger partial charge in [0.25, 0.3) is 0 Å². The van der Waals surface area contributed by atoms with E-state index in [4.69, 9.17) is 8.97 Å². The molecule has 0 aromatic carbocycles. The van der Waals surface area contributed by atoms with E-state index in [1.807, 2.05) is 12.2 Å². The lowest BCUT2D eigenvalue weighted by Crippen LogP contribution is -2.42. The first-order valence-corrected chi connectivity index (χ1v) is 5.47. The second kappa shape index (κ2) is 4.09. The maximum atomic E-state index is 10.8. The fraction of sp³-hybridized carbons (Fsp3) is 0.222. The van der Waals surface area contributed by atoms with Gasteiger partial charge in [0.05, 0.1) is 6.20 Å². The lowest BCUT2D eigenvalue weighted by atomic mass is 9.92. The van der Waals surface area contributed by atoms with Gasteiger partial charge in [-0.3, -0.25) is 4.55 Å². The molecule has 80 valence electrons. The average Bonchev–Trinajstić information content (AvgIpc) is 2.71. The van der Waals surface area contributed by atoms with Crippen molar-refractivity contribution in [1.29, 1.82) is 0 Å². The normalized spacial score (nSPS) is 26.7.